The molecule has 0 amide bonds. The molecular formula is C21H27O4P. The first kappa shape index (κ1) is 19.0. The first-order chi connectivity index (χ1) is 11.9. The number of fused-ring (bicyclic) bond motifs is 2. The van der Waals surface area contributed by atoms with Gasteiger partial charge in [-0.3, -0.25) is 4.89 Å². The van der Waals surface area contributed by atoms with Crippen LogP contribution in [0.1, 0.15) is 63.8 Å². The fourth-order valence-electron chi connectivity index (χ4n) is 3.27. The van der Waals surface area contributed by atoms with Crippen molar-refractivity contribution in [2.45, 2.75) is 58.8 Å². The molecule has 1 N–H and O–H groups in total. The van der Waals surface area contributed by atoms with Crippen LogP contribution < -0.4 is 9.05 Å². The summed E-state index contributed by atoms with van der Waals surface area (Å²) in [6.45, 7) is 12.8. The summed E-state index contributed by atoms with van der Waals surface area (Å²) >= 11 is 0. The Morgan fingerprint density at radius 2 is 1.58 bits per heavy atom. The summed E-state index contributed by atoms with van der Waals surface area (Å²) in [5.41, 5.74) is 3.95. The van der Waals surface area contributed by atoms with Crippen LogP contribution in [0.4, 0.5) is 0 Å². The van der Waals surface area contributed by atoms with Crippen LogP contribution in [0.15, 0.2) is 36.4 Å². The molecule has 0 aliphatic carbocycles. The minimum atomic E-state index is -4.25. The van der Waals surface area contributed by atoms with Gasteiger partial charge in [-0.05, 0) is 39.7 Å². The highest BCUT2D eigenvalue weighted by atomic mass is 31.2. The summed E-state index contributed by atoms with van der Waals surface area (Å²) in [4.78, 5) is 10.2. The number of rotatable bonds is 0. The quantitative estimate of drug-likeness (QED) is 0.597. The van der Waals surface area contributed by atoms with Gasteiger partial charge in [0.15, 0.2) is 0 Å². The van der Waals surface area contributed by atoms with E-state index >= 15 is 0 Å². The average molecular weight is 374 g/mol. The van der Waals surface area contributed by atoms with Gasteiger partial charge in [0.05, 0.1) is 0 Å². The fraction of sp³-hybridized carbons (Fsp3) is 0.429. The van der Waals surface area contributed by atoms with Gasteiger partial charge < -0.3 is 9.05 Å². The van der Waals surface area contributed by atoms with Gasteiger partial charge in [0, 0.05) is 12.0 Å². The first-order valence-electron chi connectivity index (χ1n) is 8.85. The predicted molar refractivity (Wildman–Crippen MR) is 104 cm³/mol. The minimum absolute atomic E-state index is 0.0246. The number of benzene rings is 2. The van der Waals surface area contributed by atoms with Crippen molar-refractivity contribution in [3.8, 4) is 11.5 Å². The molecule has 0 fully saturated rings. The Morgan fingerprint density at radius 1 is 0.923 bits per heavy atom. The van der Waals surface area contributed by atoms with Gasteiger partial charge in [-0.1, -0.05) is 65.8 Å². The third-order valence-corrected chi connectivity index (χ3v) is 5.52. The topological polar surface area (TPSA) is 55.8 Å². The van der Waals surface area contributed by atoms with E-state index in [1.165, 1.54) is 0 Å². The highest BCUT2D eigenvalue weighted by molar-refractivity contribution is 7.48. The average Bonchev–Trinajstić information content (AvgIpc) is 2.46. The Morgan fingerprint density at radius 3 is 2.19 bits per heavy atom. The van der Waals surface area contributed by atoms with Crippen LogP contribution in [-0.2, 0) is 21.8 Å². The van der Waals surface area contributed by atoms with Gasteiger partial charge in [0.1, 0.15) is 11.5 Å². The Labute approximate surface area is 155 Å². The molecule has 2 aromatic rings. The molecule has 2 aromatic carbocycles. The molecule has 1 heterocycles. The lowest BCUT2D eigenvalue weighted by Crippen LogP contribution is -2.18. The van der Waals surface area contributed by atoms with Crippen LogP contribution >= 0.6 is 7.82 Å². The van der Waals surface area contributed by atoms with E-state index in [9.17, 15) is 9.46 Å². The molecule has 0 bridgehead atoms. The SMILES string of the molecule is CC(C)(C)c1ccc2c(c1)Cc1c(cccc1C(C)(C)C)OP(=O)(O)O2. The Kier molecular flexibility index (Phi) is 4.49. The van der Waals surface area contributed by atoms with E-state index in [4.69, 9.17) is 9.05 Å². The van der Waals surface area contributed by atoms with E-state index in [0.717, 1.165) is 22.3 Å². The molecule has 0 radical (unpaired) electrons. The van der Waals surface area contributed by atoms with Crippen molar-refractivity contribution in [2.75, 3.05) is 0 Å². The molecule has 0 spiro atoms. The smallest absolute Gasteiger partial charge is 0.395 e. The van der Waals surface area contributed by atoms with Crippen LogP contribution in [0.2, 0.25) is 0 Å². The summed E-state index contributed by atoms with van der Waals surface area (Å²) in [5.74, 6) is 0.813. The lowest BCUT2D eigenvalue weighted by Gasteiger charge is -2.29. The molecule has 5 heteroatoms. The van der Waals surface area contributed by atoms with Crippen molar-refractivity contribution < 1.29 is 18.5 Å². The Balaban J connectivity index is 2.24. The zero-order chi connectivity index (χ0) is 19.3. The summed E-state index contributed by atoms with van der Waals surface area (Å²) < 4.78 is 23.3. The molecule has 1 aliphatic heterocycles. The first-order valence-corrected chi connectivity index (χ1v) is 10.3. The van der Waals surface area contributed by atoms with Crippen molar-refractivity contribution >= 4 is 7.82 Å². The van der Waals surface area contributed by atoms with Gasteiger partial charge in [0.2, 0.25) is 0 Å². The van der Waals surface area contributed by atoms with Crippen molar-refractivity contribution in [1.29, 1.82) is 0 Å². The molecule has 4 nitrogen and oxygen atoms in total. The molecule has 0 saturated carbocycles. The van der Waals surface area contributed by atoms with Crippen LogP contribution in [0.5, 0.6) is 11.5 Å². The fourth-order valence-corrected chi connectivity index (χ4v) is 4.15. The third-order valence-electron chi connectivity index (χ3n) is 4.66. The van der Waals surface area contributed by atoms with Crippen LogP contribution in [0.3, 0.4) is 0 Å². The second-order valence-electron chi connectivity index (χ2n) is 8.93. The van der Waals surface area contributed by atoms with Crippen molar-refractivity contribution in [2.24, 2.45) is 0 Å². The molecule has 1 aliphatic rings. The van der Waals surface area contributed by atoms with Crippen LogP contribution in [0.25, 0.3) is 0 Å². The van der Waals surface area contributed by atoms with E-state index < -0.39 is 7.82 Å². The highest BCUT2D eigenvalue weighted by Crippen LogP contribution is 2.50. The molecule has 3 rings (SSSR count). The number of hydrogen-bond acceptors (Lipinski definition) is 3. The normalized spacial score (nSPS) is 20.1. The third kappa shape index (κ3) is 3.82. The largest absolute Gasteiger partial charge is 0.584 e. The van der Waals surface area contributed by atoms with Gasteiger partial charge in [-0.2, -0.15) is 0 Å². The van der Waals surface area contributed by atoms with Gasteiger partial charge in [-0.25, -0.2) is 4.57 Å². The molecule has 1 unspecified atom stereocenters. The second-order valence-corrected chi connectivity index (χ2v) is 10.2. The second kappa shape index (κ2) is 6.14. The van der Waals surface area contributed by atoms with Gasteiger partial charge >= 0.3 is 7.82 Å². The maximum atomic E-state index is 12.5. The summed E-state index contributed by atoms with van der Waals surface area (Å²) in [6.07, 6.45) is 0.585. The van der Waals surface area contributed by atoms with E-state index in [-0.39, 0.29) is 10.8 Å². The lowest BCUT2D eigenvalue weighted by molar-refractivity contribution is 0.286. The Bertz CT molecular complexity index is 888. The standard InChI is InChI=1S/C21H27O4P/c1-20(2,3)15-10-11-18-14(12-15)13-16-17(21(4,5)6)8-7-9-19(16)25-26(22,23)24-18/h7-12H,13H2,1-6H3,(H,22,23). The predicted octanol–water partition coefficient (Wildman–Crippen LogP) is 5.74. The molecule has 26 heavy (non-hydrogen) atoms. The van der Waals surface area contributed by atoms with E-state index in [0.29, 0.717) is 17.9 Å². The molecule has 1 atom stereocenters. The maximum Gasteiger partial charge on any atom is 0.584 e. The van der Waals surface area contributed by atoms with Gasteiger partial charge in [-0.15, -0.1) is 0 Å². The summed E-state index contributed by atoms with van der Waals surface area (Å²) in [5, 5.41) is 0. The summed E-state index contributed by atoms with van der Waals surface area (Å²) in [7, 11) is -4.25. The number of phosphoric acid groups is 1. The van der Waals surface area contributed by atoms with E-state index in [1.807, 2.05) is 12.1 Å². The maximum absolute atomic E-state index is 12.5. The van der Waals surface area contributed by atoms with E-state index in [2.05, 4.69) is 53.7 Å². The van der Waals surface area contributed by atoms with Gasteiger partial charge in [0.25, 0.3) is 0 Å². The number of phosphoric ester groups is 1. The lowest BCUT2D eigenvalue weighted by atomic mass is 9.80. The Hall–Kier alpha value is -1.77. The number of hydrogen-bond donors (Lipinski definition) is 1. The molecule has 0 aromatic heterocycles. The molecular weight excluding hydrogens is 347 g/mol. The van der Waals surface area contributed by atoms with Crippen LogP contribution in [-0.4, -0.2) is 4.89 Å². The minimum Gasteiger partial charge on any atom is -0.395 e. The van der Waals surface area contributed by atoms with Crippen LogP contribution in [0, 0.1) is 0 Å². The van der Waals surface area contributed by atoms with E-state index in [1.54, 1.807) is 12.1 Å². The monoisotopic (exact) mass is 374 g/mol. The summed E-state index contributed by atoms with van der Waals surface area (Å²) in [6, 6.07) is 11.4. The molecule has 0 saturated heterocycles. The zero-order valence-electron chi connectivity index (χ0n) is 16.3. The van der Waals surface area contributed by atoms with Crippen molar-refractivity contribution in [1.82, 2.24) is 0 Å². The molecule has 140 valence electrons. The van der Waals surface area contributed by atoms with Crippen molar-refractivity contribution in [3.05, 3.63) is 58.7 Å². The highest BCUT2D eigenvalue weighted by Gasteiger charge is 2.33. The zero-order valence-corrected chi connectivity index (χ0v) is 17.2. The van der Waals surface area contributed by atoms with Crippen molar-refractivity contribution in [3.63, 3.8) is 0 Å².